The number of nitriles is 1. The number of carbonyl (C=O) groups is 1. The summed E-state index contributed by atoms with van der Waals surface area (Å²) in [6.07, 6.45) is -2.03. The standard InChI is InChI=1S/C24H21F4N5O/c1-13-7-15-8-18(19(25)9-20(15)32-22(13)30)23(34)33(21-4-2-3-14(21)10-29)12-17-6-5-16(11-31-17)24(26,27)28/h5-9,11,14,21H,2-4,12H2,1H3,(H2,30,32)/t14-,21-/m1/s1. The van der Waals surface area contributed by atoms with Crippen LogP contribution in [-0.2, 0) is 12.7 Å². The second kappa shape index (κ2) is 8.89. The van der Waals surface area contributed by atoms with Crippen molar-refractivity contribution in [3.63, 3.8) is 0 Å². The number of amides is 1. The van der Waals surface area contributed by atoms with Crippen molar-refractivity contribution < 1.29 is 22.4 Å². The van der Waals surface area contributed by atoms with Crippen LogP contribution in [0.15, 0.2) is 36.5 Å². The first kappa shape index (κ1) is 23.4. The lowest BCUT2D eigenvalue weighted by Crippen LogP contribution is -2.42. The van der Waals surface area contributed by atoms with Crippen molar-refractivity contribution in [2.45, 2.75) is 44.9 Å². The smallest absolute Gasteiger partial charge is 0.383 e. The van der Waals surface area contributed by atoms with Crippen molar-refractivity contribution in [3.05, 3.63) is 64.7 Å². The molecule has 1 saturated carbocycles. The second-order valence-corrected chi connectivity index (χ2v) is 8.42. The first-order valence-electron chi connectivity index (χ1n) is 10.7. The zero-order valence-electron chi connectivity index (χ0n) is 18.2. The lowest BCUT2D eigenvalue weighted by Gasteiger charge is -2.31. The van der Waals surface area contributed by atoms with Gasteiger partial charge in [0.2, 0.25) is 0 Å². The molecule has 1 aromatic carbocycles. The van der Waals surface area contributed by atoms with Gasteiger partial charge in [0.25, 0.3) is 5.91 Å². The van der Waals surface area contributed by atoms with Gasteiger partial charge in [0, 0.05) is 23.7 Å². The molecule has 0 saturated heterocycles. The van der Waals surface area contributed by atoms with Crippen molar-refractivity contribution in [1.82, 2.24) is 14.9 Å². The lowest BCUT2D eigenvalue weighted by molar-refractivity contribution is -0.137. The fraction of sp³-hybridized carbons (Fsp3) is 0.333. The minimum Gasteiger partial charge on any atom is -0.383 e. The highest BCUT2D eigenvalue weighted by Crippen LogP contribution is 2.33. The topological polar surface area (TPSA) is 95.9 Å². The molecule has 1 amide bonds. The van der Waals surface area contributed by atoms with E-state index in [-0.39, 0.29) is 23.6 Å². The molecule has 2 atom stereocenters. The van der Waals surface area contributed by atoms with Gasteiger partial charge >= 0.3 is 6.18 Å². The van der Waals surface area contributed by atoms with Crippen LogP contribution in [0.1, 0.15) is 46.4 Å². The first-order valence-corrected chi connectivity index (χ1v) is 10.7. The molecule has 10 heteroatoms. The Morgan fingerprint density at radius 3 is 2.68 bits per heavy atom. The third-order valence-electron chi connectivity index (χ3n) is 6.15. The Bertz CT molecular complexity index is 1280. The van der Waals surface area contributed by atoms with Crippen molar-refractivity contribution >= 4 is 22.6 Å². The van der Waals surface area contributed by atoms with Crippen LogP contribution < -0.4 is 5.73 Å². The van der Waals surface area contributed by atoms with E-state index < -0.39 is 35.4 Å². The highest BCUT2D eigenvalue weighted by Gasteiger charge is 2.37. The van der Waals surface area contributed by atoms with Gasteiger partial charge in [0.15, 0.2) is 0 Å². The maximum Gasteiger partial charge on any atom is 0.417 e. The number of rotatable bonds is 4. The molecule has 34 heavy (non-hydrogen) atoms. The van der Waals surface area contributed by atoms with Crippen LogP contribution in [0.3, 0.4) is 0 Å². The van der Waals surface area contributed by atoms with Crippen molar-refractivity contribution in [2.24, 2.45) is 5.92 Å². The minimum atomic E-state index is -4.54. The second-order valence-electron chi connectivity index (χ2n) is 8.42. The quantitative estimate of drug-likeness (QED) is 0.540. The Morgan fingerprint density at radius 2 is 2.03 bits per heavy atom. The molecule has 0 bridgehead atoms. The molecule has 1 aliphatic carbocycles. The number of nitrogens with two attached hydrogens (primary N) is 1. The van der Waals surface area contributed by atoms with Crippen LogP contribution in [0, 0.1) is 30.0 Å². The van der Waals surface area contributed by atoms with Crippen LogP contribution in [0.2, 0.25) is 0 Å². The molecule has 2 heterocycles. The summed E-state index contributed by atoms with van der Waals surface area (Å²) in [6, 6.07) is 7.97. The number of fused-ring (bicyclic) bond motifs is 1. The Hall–Kier alpha value is -3.74. The number of anilines is 1. The van der Waals surface area contributed by atoms with Crippen molar-refractivity contribution in [1.29, 1.82) is 5.26 Å². The predicted octanol–water partition coefficient (Wildman–Crippen LogP) is 5.01. The van der Waals surface area contributed by atoms with E-state index in [1.165, 1.54) is 17.0 Å². The number of carbonyl (C=O) groups excluding carboxylic acids is 1. The van der Waals surface area contributed by atoms with Gasteiger partial charge in [-0.05, 0) is 56.0 Å². The van der Waals surface area contributed by atoms with E-state index in [1.807, 2.05) is 0 Å². The number of alkyl halides is 3. The molecule has 0 aliphatic heterocycles. The van der Waals surface area contributed by atoms with Crippen molar-refractivity contribution in [3.8, 4) is 6.07 Å². The average Bonchev–Trinajstić information content (AvgIpc) is 3.26. The Morgan fingerprint density at radius 1 is 1.26 bits per heavy atom. The summed E-state index contributed by atoms with van der Waals surface area (Å²) >= 11 is 0. The van der Waals surface area contributed by atoms with E-state index >= 15 is 4.39 Å². The molecule has 176 valence electrons. The molecular formula is C24H21F4N5O. The molecule has 1 fully saturated rings. The van der Waals surface area contributed by atoms with Gasteiger partial charge in [-0.25, -0.2) is 9.37 Å². The predicted molar refractivity (Wildman–Crippen MR) is 117 cm³/mol. The number of halogens is 4. The largest absolute Gasteiger partial charge is 0.417 e. The highest BCUT2D eigenvalue weighted by atomic mass is 19.4. The molecule has 6 nitrogen and oxygen atoms in total. The summed E-state index contributed by atoms with van der Waals surface area (Å²) in [5.74, 6) is -1.68. The van der Waals surface area contributed by atoms with Crippen molar-refractivity contribution in [2.75, 3.05) is 5.73 Å². The van der Waals surface area contributed by atoms with Gasteiger partial charge in [-0.2, -0.15) is 18.4 Å². The number of benzene rings is 1. The van der Waals surface area contributed by atoms with Crippen LogP contribution >= 0.6 is 0 Å². The number of nitrogens with zero attached hydrogens (tertiary/aromatic N) is 4. The zero-order chi connectivity index (χ0) is 24.6. The lowest BCUT2D eigenvalue weighted by atomic mass is 10.0. The number of aromatic nitrogens is 2. The van der Waals surface area contributed by atoms with Gasteiger partial charge in [0.05, 0.1) is 40.9 Å². The SMILES string of the molecule is Cc1cc2cc(C(=O)N(Cc3ccc(C(F)(F)F)cn3)[C@@H]3CCC[C@@H]3C#N)c(F)cc2nc1N. The maximum atomic E-state index is 15.0. The number of aryl methyl sites for hydroxylation is 1. The van der Waals surface area contributed by atoms with Crippen LogP contribution in [-0.4, -0.2) is 26.8 Å². The number of hydrogen-bond donors (Lipinski definition) is 1. The van der Waals surface area contributed by atoms with Gasteiger partial charge in [-0.1, -0.05) is 0 Å². The van der Waals surface area contributed by atoms with Gasteiger partial charge < -0.3 is 10.6 Å². The van der Waals surface area contributed by atoms with Gasteiger partial charge in [-0.15, -0.1) is 0 Å². The maximum absolute atomic E-state index is 15.0. The first-order chi connectivity index (χ1) is 16.1. The fourth-order valence-corrected chi connectivity index (χ4v) is 4.30. The van der Waals surface area contributed by atoms with Crippen LogP contribution in [0.4, 0.5) is 23.4 Å². The highest BCUT2D eigenvalue weighted by molar-refractivity contribution is 5.98. The molecule has 2 aromatic heterocycles. The van der Waals surface area contributed by atoms with E-state index in [0.717, 1.165) is 12.1 Å². The van der Waals surface area contributed by atoms with Gasteiger partial charge in [-0.3, -0.25) is 9.78 Å². The number of pyridine rings is 2. The summed E-state index contributed by atoms with van der Waals surface area (Å²) in [6.45, 7) is 1.58. The summed E-state index contributed by atoms with van der Waals surface area (Å²) < 4.78 is 53.7. The molecule has 3 aromatic rings. The molecule has 0 unspecified atom stereocenters. The summed E-state index contributed by atoms with van der Waals surface area (Å²) in [7, 11) is 0. The van der Waals surface area contributed by atoms with E-state index in [1.54, 1.807) is 13.0 Å². The Labute approximate surface area is 193 Å². The summed E-state index contributed by atoms with van der Waals surface area (Å²) in [5.41, 5.74) is 5.85. The molecule has 0 spiro atoms. The molecular weight excluding hydrogens is 450 g/mol. The number of hydrogen-bond acceptors (Lipinski definition) is 5. The molecule has 0 radical (unpaired) electrons. The Kier molecular flexibility index (Phi) is 6.13. The van der Waals surface area contributed by atoms with E-state index in [2.05, 4.69) is 16.0 Å². The van der Waals surface area contributed by atoms with E-state index in [4.69, 9.17) is 5.73 Å². The monoisotopic (exact) mass is 471 g/mol. The molecule has 2 N–H and O–H groups in total. The normalized spacial score (nSPS) is 18.1. The van der Waals surface area contributed by atoms with Crippen LogP contribution in [0.5, 0.6) is 0 Å². The zero-order valence-corrected chi connectivity index (χ0v) is 18.2. The van der Waals surface area contributed by atoms with Gasteiger partial charge in [0.1, 0.15) is 11.6 Å². The van der Waals surface area contributed by atoms with Crippen LogP contribution in [0.25, 0.3) is 10.9 Å². The minimum absolute atomic E-state index is 0.156. The van der Waals surface area contributed by atoms with E-state index in [9.17, 15) is 23.2 Å². The molecule has 4 rings (SSSR count). The fourth-order valence-electron chi connectivity index (χ4n) is 4.30. The summed E-state index contributed by atoms with van der Waals surface area (Å²) in [4.78, 5) is 22.9. The summed E-state index contributed by atoms with van der Waals surface area (Å²) in [5, 5.41) is 10.1. The third-order valence-corrected chi connectivity index (χ3v) is 6.15. The number of nitrogen functional groups attached to an aromatic ring is 1. The molecule has 1 aliphatic rings. The average molecular weight is 471 g/mol. The van der Waals surface area contributed by atoms with E-state index in [0.29, 0.717) is 41.9 Å². The third kappa shape index (κ3) is 4.51. The Balaban J connectivity index is 1.73.